The maximum absolute atomic E-state index is 5.87. The quantitative estimate of drug-likeness (QED) is 0.634. The molecule has 0 atom stereocenters. The van der Waals surface area contributed by atoms with Crippen molar-refractivity contribution in [1.29, 1.82) is 0 Å². The molecule has 3 rings (SSSR count). The molecule has 112 valence electrons. The van der Waals surface area contributed by atoms with Crippen molar-refractivity contribution in [3.63, 3.8) is 0 Å². The van der Waals surface area contributed by atoms with Crippen LogP contribution in [0.25, 0.3) is 11.4 Å². The van der Waals surface area contributed by atoms with E-state index in [-0.39, 0.29) is 0 Å². The molecule has 22 heavy (non-hydrogen) atoms. The largest absolute Gasteiger partial charge is 0.497 e. The van der Waals surface area contributed by atoms with Crippen molar-refractivity contribution in [2.45, 2.75) is 10.6 Å². The Morgan fingerprint density at radius 1 is 1.09 bits per heavy atom. The van der Waals surface area contributed by atoms with Gasteiger partial charge in [0.25, 0.3) is 0 Å². The summed E-state index contributed by atoms with van der Waals surface area (Å²) in [6, 6.07) is 15.2. The van der Waals surface area contributed by atoms with Crippen molar-refractivity contribution in [3.8, 4) is 17.1 Å². The zero-order valence-electron chi connectivity index (χ0n) is 11.8. The van der Waals surface area contributed by atoms with E-state index < -0.39 is 0 Å². The number of aromatic nitrogens is 2. The number of nitrogens with zero attached hydrogens (tertiary/aromatic N) is 2. The minimum absolute atomic E-state index is 0.571. The summed E-state index contributed by atoms with van der Waals surface area (Å²) in [6.45, 7) is 0. The minimum Gasteiger partial charge on any atom is -0.497 e. The molecule has 2 aromatic carbocycles. The zero-order chi connectivity index (χ0) is 15.4. The summed E-state index contributed by atoms with van der Waals surface area (Å²) in [7, 11) is 1.65. The molecule has 3 aromatic rings. The van der Waals surface area contributed by atoms with Crippen molar-refractivity contribution in [2.24, 2.45) is 0 Å². The molecule has 0 spiro atoms. The number of ether oxygens (including phenoxy) is 1. The summed E-state index contributed by atoms with van der Waals surface area (Å²) in [4.78, 5) is 5.51. The van der Waals surface area contributed by atoms with E-state index in [9.17, 15) is 0 Å². The Labute approximate surface area is 137 Å². The number of hydrogen-bond acceptors (Lipinski definition) is 5. The van der Waals surface area contributed by atoms with Gasteiger partial charge >= 0.3 is 0 Å². The smallest absolute Gasteiger partial charge is 0.237 e. The summed E-state index contributed by atoms with van der Waals surface area (Å²) in [5.41, 5.74) is 0.883. The third-order valence-corrected chi connectivity index (χ3v) is 4.24. The molecule has 0 aliphatic rings. The van der Waals surface area contributed by atoms with Crippen LogP contribution in [0.1, 0.15) is 5.89 Å². The zero-order valence-corrected chi connectivity index (χ0v) is 13.4. The molecule has 4 nitrogen and oxygen atoms in total. The predicted octanol–water partition coefficient (Wildman–Crippen LogP) is 4.69. The molecule has 0 radical (unpaired) electrons. The first-order chi connectivity index (χ1) is 10.7. The van der Waals surface area contributed by atoms with Gasteiger partial charge in [0.05, 0.1) is 12.9 Å². The Morgan fingerprint density at radius 2 is 1.82 bits per heavy atom. The van der Waals surface area contributed by atoms with Crippen LogP contribution in [0.5, 0.6) is 5.75 Å². The van der Waals surface area contributed by atoms with Crippen molar-refractivity contribution in [1.82, 2.24) is 10.1 Å². The van der Waals surface area contributed by atoms with Gasteiger partial charge in [-0.2, -0.15) is 4.98 Å². The third-order valence-electron chi connectivity index (χ3n) is 2.99. The molecular formula is C16H13ClN2O2S. The van der Waals surface area contributed by atoms with E-state index in [1.807, 2.05) is 36.4 Å². The van der Waals surface area contributed by atoms with Crippen LogP contribution in [0.4, 0.5) is 0 Å². The fourth-order valence-corrected chi connectivity index (χ4v) is 2.71. The highest BCUT2D eigenvalue weighted by atomic mass is 35.5. The van der Waals surface area contributed by atoms with Gasteiger partial charge in [-0.3, -0.25) is 0 Å². The highest BCUT2D eigenvalue weighted by Crippen LogP contribution is 2.25. The molecule has 0 aliphatic carbocycles. The van der Waals surface area contributed by atoms with Crippen LogP contribution >= 0.6 is 23.4 Å². The van der Waals surface area contributed by atoms with Gasteiger partial charge in [-0.1, -0.05) is 16.8 Å². The van der Waals surface area contributed by atoms with E-state index >= 15 is 0 Å². The molecule has 0 amide bonds. The lowest BCUT2D eigenvalue weighted by Crippen LogP contribution is -1.84. The van der Waals surface area contributed by atoms with Gasteiger partial charge in [0.1, 0.15) is 5.75 Å². The first-order valence-electron chi connectivity index (χ1n) is 6.60. The Kier molecular flexibility index (Phi) is 4.65. The Bertz CT molecular complexity index is 742. The predicted molar refractivity (Wildman–Crippen MR) is 87.3 cm³/mol. The standard InChI is InChI=1S/C16H13ClN2O2S/c1-20-13-6-8-14(9-7-13)22-10-15-18-16(19-21-15)11-2-4-12(17)5-3-11/h2-9H,10H2,1H3. The summed E-state index contributed by atoms with van der Waals surface area (Å²) >= 11 is 7.50. The normalized spacial score (nSPS) is 10.6. The monoisotopic (exact) mass is 332 g/mol. The fraction of sp³-hybridized carbons (Fsp3) is 0.125. The van der Waals surface area contributed by atoms with E-state index in [2.05, 4.69) is 10.1 Å². The van der Waals surface area contributed by atoms with E-state index in [4.69, 9.17) is 20.9 Å². The Hall–Kier alpha value is -1.98. The van der Waals surface area contributed by atoms with Crippen molar-refractivity contribution >= 4 is 23.4 Å². The molecule has 0 N–H and O–H groups in total. The summed E-state index contributed by atoms with van der Waals surface area (Å²) in [6.07, 6.45) is 0. The van der Waals surface area contributed by atoms with Gasteiger partial charge in [0, 0.05) is 15.5 Å². The summed E-state index contributed by atoms with van der Waals surface area (Å²) in [5.74, 6) is 2.62. The minimum atomic E-state index is 0.571. The number of rotatable bonds is 5. The van der Waals surface area contributed by atoms with Gasteiger partial charge in [-0.05, 0) is 48.5 Å². The summed E-state index contributed by atoms with van der Waals surface area (Å²) < 4.78 is 10.4. The van der Waals surface area contributed by atoms with Crippen molar-refractivity contribution < 1.29 is 9.26 Å². The molecule has 0 saturated carbocycles. The fourth-order valence-electron chi connectivity index (χ4n) is 1.85. The molecule has 0 fully saturated rings. The number of thioether (sulfide) groups is 1. The third kappa shape index (κ3) is 3.61. The molecule has 0 unspecified atom stereocenters. The first kappa shape index (κ1) is 14.9. The van der Waals surface area contributed by atoms with Crippen LogP contribution in [-0.4, -0.2) is 17.3 Å². The first-order valence-corrected chi connectivity index (χ1v) is 7.96. The van der Waals surface area contributed by atoms with Gasteiger partial charge in [-0.25, -0.2) is 0 Å². The Balaban J connectivity index is 1.65. The lowest BCUT2D eigenvalue weighted by Gasteiger charge is -2.01. The topological polar surface area (TPSA) is 48.2 Å². The molecule has 1 heterocycles. The van der Waals surface area contributed by atoms with Crippen LogP contribution in [0.15, 0.2) is 57.9 Å². The maximum Gasteiger partial charge on any atom is 0.237 e. The number of methoxy groups -OCH3 is 1. The summed E-state index contributed by atoms with van der Waals surface area (Å²) in [5, 5.41) is 4.68. The maximum atomic E-state index is 5.87. The van der Waals surface area contributed by atoms with Crippen LogP contribution in [0.3, 0.4) is 0 Å². The Morgan fingerprint density at radius 3 is 2.50 bits per heavy atom. The second kappa shape index (κ2) is 6.85. The van der Waals surface area contributed by atoms with E-state index in [0.717, 1.165) is 16.2 Å². The van der Waals surface area contributed by atoms with Crippen LogP contribution in [-0.2, 0) is 5.75 Å². The molecule has 0 aliphatic heterocycles. The van der Waals surface area contributed by atoms with Gasteiger partial charge in [-0.15, -0.1) is 11.8 Å². The van der Waals surface area contributed by atoms with Crippen LogP contribution in [0.2, 0.25) is 5.02 Å². The van der Waals surface area contributed by atoms with Gasteiger partial charge in [0.15, 0.2) is 0 Å². The highest BCUT2D eigenvalue weighted by molar-refractivity contribution is 7.98. The van der Waals surface area contributed by atoms with Crippen molar-refractivity contribution in [2.75, 3.05) is 7.11 Å². The average Bonchev–Trinajstić information content (AvgIpc) is 3.03. The number of halogens is 1. The molecule has 0 bridgehead atoms. The van der Waals surface area contributed by atoms with E-state index in [1.165, 1.54) is 0 Å². The number of hydrogen-bond donors (Lipinski definition) is 0. The molecule has 1 aromatic heterocycles. The lowest BCUT2D eigenvalue weighted by molar-refractivity contribution is 0.391. The average molecular weight is 333 g/mol. The number of benzene rings is 2. The SMILES string of the molecule is COc1ccc(SCc2nc(-c3ccc(Cl)cc3)no2)cc1. The molecule has 6 heteroatoms. The molecule has 0 saturated heterocycles. The van der Waals surface area contributed by atoms with Crippen LogP contribution < -0.4 is 4.74 Å². The second-order valence-electron chi connectivity index (χ2n) is 4.48. The lowest BCUT2D eigenvalue weighted by atomic mass is 10.2. The van der Waals surface area contributed by atoms with Crippen molar-refractivity contribution in [3.05, 3.63) is 59.4 Å². The van der Waals surface area contributed by atoms with Crippen LogP contribution in [0, 0.1) is 0 Å². The second-order valence-corrected chi connectivity index (χ2v) is 5.97. The van der Waals surface area contributed by atoms with Gasteiger partial charge in [0.2, 0.25) is 11.7 Å². The van der Waals surface area contributed by atoms with E-state index in [1.54, 1.807) is 31.0 Å². The highest BCUT2D eigenvalue weighted by Gasteiger charge is 2.09. The van der Waals surface area contributed by atoms with Gasteiger partial charge < -0.3 is 9.26 Å². The van der Waals surface area contributed by atoms with E-state index in [0.29, 0.717) is 22.5 Å². The molecular weight excluding hydrogens is 320 g/mol.